The van der Waals surface area contributed by atoms with Crippen molar-refractivity contribution in [1.82, 2.24) is 19.7 Å². The lowest BCUT2D eigenvalue weighted by molar-refractivity contribution is 0.957. The molecule has 2 aromatic heterocycles. The van der Waals surface area contributed by atoms with Gasteiger partial charge in [-0.2, -0.15) is 5.26 Å². The fraction of sp³-hybridized carbons (Fsp3) is 0. The molecule has 0 amide bonds. The molecule has 2 rings (SSSR count). The summed E-state index contributed by atoms with van der Waals surface area (Å²) in [7, 11) is 0. The van der Waals surface area contributed by atoms with E-state index in [1.807, 2.05) is 6.07 Å². The van der Waals surface area contributed by atoms with Crippen molar-refractivity contribution < 1.29 is 0 Å². The van der Waals surface area contributed by atoms with E-state index in [1.165, 1.54) is 16.8 Å². The van der Waals surface area contributed by atoms with Crippen molar-refractivity contribution in [1.29, 1.82) is 5.26 Å². The van der Waals surface area contributed by atoms with Gasteiger partial charge in [0.25, 0.3) is 0 Å². The Kier molecular flexibility index (Phi) is 2.54. The first-order valence-electron chi connectivity index (χ1n) is 3.85. The van der Waals surface area contributed by atoms with Crippen LogP contribution in [0.15, 0.2) is 18.5 Å². The highest BCUT2D eigenvalue weighted by molar-refractivity contribution is 6.32. The van der Waals surface area contributed by atoms with E-state index in [0.717, 1.165) is 0 Å². The van der Waals surface area contributed by atoms with Crippen LogP contribution in [0.25, 0.3) is 5.69 Å². The Bertz CT molecular complexity index is 542. The number of aromatic nitrogens is 4. The molecule has 0 saturated heterocycles. The summed E-state index contributed by atoms with van der Waals surface area (Å²) in [6.07, 6.45) is 3.08. The zero-order valence-electron chi connectivity index (χ0n) is 7.22. The van der Waals surface area contributed by atoms with Crippen LogP contribution >= 0.6 is 23.2 Å². The highest BCUT2D eigenvalue weighted by Crippen LogP contribution is 2.20. The predicted molar refractivity (Wildman–Crippen MR) is 53.9 cm³/mol. The molecule has 0 aliphatic carbocycles. The SMILES string of the molecule is N#Cc1nccn1-c1cc(Cl)nnc1Cl. The number of halogens is 2. The number of imidazole rings is 1. The van der Waals surface area contributed by atoms with Gasteiger partial charge in [0, 0.05) is 18.5 Å². The van der Waals surface area contributed by atoms with Crippen LogP contribution in [0.4, 0.5) is 0 Å². The smallest absolute Gasteiger partial charge is 0.217 e. The molecule has 0 atom stereocenters. The molecule has 0 aromatic carbocycles. The molecule has 2 aromatic rings. The van der Waals surface area contributed by atoms with E-state index in [0.29, 0.717) is 5.69 Å². The highest BCUT2D eigenvalue weighted by Gasteiger charge is 2.10. The van der Waals surface area contributed by atoms with E-state index in [9.17, 15) is 0 Å². The van der Waals surface area contributed by atoms with Crippen molar-refractivity contribution in [2.75, 3.05) is 0 Å². The lowest BCUT2D eigenvalue weighted by Crippen LogP contribution is -2.00. The Morgan fingerprint density at radius 3 is 2.87 bits per heavy atom. The monoisotopic (exact) mass is 239 g/mol. The fourth-order valence-corrected chi connectivity index (χ4v) is 1.42. The standard InChI is InChI=1S/C8H3Cl2N5/c9-6-3-5(8(10)14-13-6)15-2-1-12-7(15)4-11/h1-3H. The molecule has 0 bridgehead atoms. The Hall–Kier alpha value is -1.64. The molecule has 0 radical (unpaired) electrons. The van der Waals surface area contributed by atoms with Crippen LogP contribution in [0.3, 0.4) is 0 Å². The van der Waals surface area contributed by atoms with Gasteiger partial charge in [0.2, 0.25) is 5.82 Å². The number of nitrogens with zero attached hydrogens (tertiary/aromatic N) is 5. The van der Waals surface area contributed by atoms with E-state index < -0.39 is 0 Å². The van der Waals surface area contributed by atoms with Crippen molar-refractivity contribution >= 4 is 23.2 Å². The van der Waals surface area contributed by atoms with Crippen molar-refractivity contribution in [3.05, 3.63) is 34.6 Å². The maximum Gasteiger partial charge on any atom is 0.217 e. The topological polar surface area (TPSA) is 67.4 Å². The van der Waals surface area contributed by atoms with E-state index >= 15 is 0 Å². The Balaban J connectivity index is 2.64. The molecule has 2 heterocycles. The van der Waals surface area contributed by atoms with Gasteiger partial charge in [0.15, 0.2) is 10.3 Å². The second kappa shape index (κ2) is 3.85. The summed E-state index contributed by atoms with van der Waals surface area (Å²) in [5, 5.41) is 16.4. The molecule has 0 aliphatic rings. The van der Waals surface area contributed by atoms with Gasteiger partial charge < -0.3 is 0 Å². The average Bonchev–Trinajstić information content (AvgIpc) is 2.69. The van der Waals surface area contributed by atoms with Crippen LogP contribution in [-0.2, 0) is 0 Å². The van der Waals surface area contributed by atoms with Crippen molar-refractivity contribution in [2.45, 2.75) is 0 Å². The summed E-state index contributed by atoms with van der Waals surface area (Å²) in [6.45, 7) is 0. The first-order chi connectivity index (χ1) is 7.22. The average molecular weight is 240 g/mol. The molecule has 0 fully saturated rings. The molecule has 5 nitrogen and oxygen atoms in total. The molecular formula is C8H3Cl2N5. The van der Waals surface area contributed by atoms with Gasteiger partial charge in [-0.1, -0.05) is 23.2 Å². The van der Waals surface area contributed by atoms with Crippen LogP contribution in [0, 0.1) is 11.3 Å². The summed E-state index contributed by atoms with van der Waals surface area (Å²) in [6, 6.07) is 3.44. The van der Waals surface area contributed by atoms with E-state index in [-0.39, 0.29) is 16.1 Å². The molecule has 74 valence electrons. The molecule has 15 heavy (non-hydrogen) atoms. The largest absolute Gasteiger partial charge is 0.288 e. The maximum absolute atomic E-state index is 8.78. The van der Waals surface area contributed by atoms with E-state index in [2.05, 4.69) is 15.2 Å². The quantitative estimate of drug-likeness (QED) is 0.762. The van der Waals surface area contributed by atoms with Gasteiger partial charge in [-0.25, -0.2) is 4.98 Å². The zero-order valence-corrected chi connectivity index (χ0v) is 8.74. The Morgan fingerprint density at radius 1 is 1.33 bits per heavy atom. The summed E-state index contributed by atoms with van der Waals surface area (Å²) < 4.78 is 1.49. The number of rotatable bonds is 1. The van der Waals surface area contributed by atoms with Crippen LogP contribution in [0.5, 0.6) is 0 Å². The summed E-state index contributed by atoms with van der Waals surface area (Å²) in [5.41, 5.74) is 0.478. The molecular weight excluding hydrogens is 237 g/mol. The van der Waals surface area contributed by atoms with Gasteiger partial charge in [-0.05, 0) is 0 Å². The van der Waals surface area contributed by atoms with E-state index in [4.69, 9.17) is 28.5 Å². The maximum atomic E-state index is 8.78. The normalized spacial score (nSPS) is 9.93. The third-order valence-corrected chi connectivity index (χ3v) is 2.15. The summed E-state index contributed by atoms with van der Waals surface area (Å²) in [4.78, 5) is 3.83. The minimum atomic E-state index is 0.161. The lowest BCUT2D eigenvalue weighted by Gasteiger charge is -2.04. The van der Waals surface area contributed by atoms with Crippen molar-refractivity contribution in [3.63, 3.8) is 0 Å². The molecule has 0 unspecified atom stereocenters. The Labute approximate surface area is 94.9 Å². The second-order valence-electron chi connectivity index (χ2n) is 2.58. The van der Waals surface area contributed by atoms with Crippen LogP contribution in [-0.4, -0.2) is 19.7 Å². The van der Waals surface area contributed by atoms with Gasteiger partial charge in [0.1, 0.15) is 6.07 Å². The molecule has 0 N–H and O–H groups in total. The number of nitriles is 1. The third kappa shape index (κ3) is 1.77. The van der Waals surface area contributed by atoms with Crippen molar-refractivity contribution in [2.24, 2.45) is 0 Å². The third-order valence-electron chi connectivity index (χ3n) is 1.70. The summed E-state index contributed by atoms with van der Waals surface area (Å²) in [5.74, 6) is 0.209. The minimum absolute atomic E-state index is 0.161. The molecule has 0 spiro atoms. The minimum Gasteiger partial charge on any atom is -0.288 e. The molecule has 0 saturated carbocycles. The van der Waals surface area contributed by atoms with Gasteiger partial charge in [-0.3, -0.25) is 4.57 Å². The zero-order chi connectivity index (χ0) is 10.8. The fourth-order valence-electron chi connectivity index (χ4n) is 1.09. The molecule has 0 aliphatic heterocycles. The highest BCUT2D eigenvalue weighted by atomic mass is 35.5. The van der Waals surface area contributed by atoms with Crippen LogP contribution < -0.4 is 0 Å². The van der Waals surface area contributed by atoms with Crippen LogP contribution in [0.2, 0.25) is 10.3 Å². The van der Waals surface area contributed by atoms with Crippen LogP contribution in [0.1, 0.15) is 5.82 Å². The van der Waals surface area contributed by atoms with Gasteiger partial charge >= 0.3 is 0 Å². The van der Waals surface area contributed by atoms with Gasteiger partial charge in [-0.15, -0.1) is 10.2 Å². The second-order valence-corrected chi connectivity index (χ2v) is 3.32. The number of hydrogen-bond acceptors (Lipinski definition) is 4. The van der Waals surface area contributed by atoms with Gasteiger partial charge in [0.05, 0.1) is 5.69 Å². The lowest BCUT2D eigenvalue weighted by atomic mass is 10.4. The first kappa shape index (κ1) is 9.90. The van der Waals surface area contributed by atoms with Crippen molar-refractivity contribution in [3.8, 4) is 11.8 Å². The van der Waals surface area contributed by atoms with E-state index in [1.54, 1.807) is 6.20 Å². The summed E-state index contributed by atoms with van der Waals surface area (Å²) >= 11 is 11.5. The predicted octanol–water partition coefficient (Wildman–Crippen LogP) is 1.84. The molecule has 7 heteroatoms. The Morgan fingerprint density at radius 2 is 2.13 bits per heavy atom. The first-order valence-corrected chi connectivity index (χ1v) is 4.60. The number of hydrogen-bond donors (Lipinski definition) is 0.